The molecule has 0 aliphatic carbocycles. The molecule has 1 aliphatic heterocycles. The maximum Gasteiger partial charge on any atom is 0.193 e. The molecule has 156 valence electrons. The molecule has 6 heteroatoms. The van der Waals surface area contributed by atoms with Crippen LogP contribution in [0.5, 0.6) is 11.5 Å². The maximum atomic E-state index is 14.4. The number of guanidine groups is 1. The minimum Gasteiger partial charge on any atom is -0.454 e. The molecule has 0 radical (unpaired) electrons. The van der Waals surface area contributed by atoms with Gasteiger partial charge in [-0.25, -0.2) is 4.39 Å². The number of halogens is 1. The van der Waals surface area contributed by atoms with Crippen molar-refractivity contribution < 1.29 is 13.9 Å². The minimum absolute atomic E-state index is 0.232. The molecule has 3 rings (SSSR count). The normalized spacial score (nSPS) is 16.7. The van der Waals surface area contributed by atoms with E-state index in [1.807, 2.05) is 24.3 Å². The highest BCUT2D eigenvalue weighted by Gasteiger charge is 2.19. The van der Waals surface area contributed by atoms with Crippen molar-refractivity contribution in [3.05, 3.63) is 59.9 Å². The van der Waals surface area contributed by atoms with Crippen LogP contribution in [-0.2, 0) is 11.2 Å². The molecule has 1 saturated heterocycles. The van der Waals surface area contributed by atoms with E-state index < -0.39 is 0 Å². The van der Waals surface area contributed by atoms with Crippen LogP contribution in [0.15, 0.2) is 53.5 Å². The van der Waals surface area contributed by atoms with Crippen molar-refractivity contribution in [3.63, 3.8) is 0 Å². The lowest BCUT2D eigenvalue weighted by atomic mass is 10.1. The molecule has 0 saturated carbocycles. The summed E-state index contributed by atoms with van der Waals surface area (Å²) in [6.45, 7) is 6.05. The number of benzene rings is 2. The molecule has 1 N–H and O–H groups in total. The Bertz CT molecular complexity index is 792. The number of para-hydroxylation sites is 1. The molecule has 5 nitrogen and oxygen atoms in total. The standard InChI is InChI=1S/C23H30FN3O2/c1-3-25-23(27(2)16-19-12-14-28-17-19)26-13-11-18-9-10-22(21(24)15-18)29-20-7-5-4-6-8-20/h4-10,15,19H,3,11-14,16-17H2,1-2H3,(H,25,26). The highest BCUT2D eigenvalue weighted by atomic mass is 19.1. The van der Waals surface area contributed by atoms with Gasteiger partial charge in [0.05, 0.1) is 6.61 Å². The summed E-state index contributed by atoms with van der Waals surface area (Å²) in [6, 6.07) is 14.3. The van der Waals surface area contributed by atoms with Crippen LogP contribution in [0.25, 0.3) is 0 Å². The molecule has 1 fully saturated rings. The third-order valence-electron chi connectivity index (χ3n) is 4.88. The first-order valence-electron chi connectivity index (χ1n) is 10.2. The number of nitrogens with one attached hydrogen (secondary N) is 1. The first-order valence-corrected chi connectivity index (χ1v) is 10.2. The number of hydrogen-bond acceptors (Lipinski definition) is 3. The SMILES string of the molecule is CCNC(=NCCc1ccc(Oc2ccccc2)c(F)c1)N(C)CC1CCOC1. The average Bonchev–Trinajstić information content (AvgIpc) is 3.23. The molecule has 1 heterocycles. The first kappa shape index (κ1) is 21.1. The van der Waals surface area contributed by atoms with Crippen molar-refractivity contribution in [1.82, 2.24) is 10.2 Å². The Morgan fingerprint density at radius 3 is 2.79 bits per heavy atom. The summed E-state index contributed by atoms with van der Waals surface area (Å²) in [7, 11) is 2.05. The van der Waals surface area contributed by atoms with Crippen LogP contribution < -0.4 is 10.1 Å². The zero-order valence-electron chi connectivity index (χ0n) is 17.2. The summed E-state index contributed by atoms with van der Waals surface area (Å²) in [5.41, 5.74) is 0.898. The lowest BCUT2D eigenvalue weighted by molar-refractivity contribution is 0.181. The predicted octanol–water partition coefficient (Wildman–Crippen LogP) is 4.09. The number of ether oxygens (including phenoxy) is 2. The van der Waals surface area contributed by atoms with E-state index in [0.29, 0.717) is 24.6 Å². The summed E-state index contributed by atoms with van der Waals surface area (Å²) in [5, 5.41) is 3.33. The van der Waals surface area contributed by atoms with E-state index in [2.05, 4.69) is 24.2 Å². The van der Waals surface area contributed by atoms with E-state index >= 15 is 0 Å². The van der Waals surface area contributed by atoms with Crippen molar-refractivity contribution in [2.75, 3.05) is 39.9 Å². The highest BCUT2D eigenvalue weighted by Crippen LogP contribution is 2.25. The van der Waals surface area contributed by atoms with E-state index in [9.17, 15) is 4.39 Å². The summed E-state index contributed by atoms with van der Waals surface area (Å²) in [4.78, 5) is 6.86. The summed E-state index contributed by atoms with van der Waals surface area (Å²) >= 11 is 0. The van der Waals surface area contributed by atoms with E-state index in [4.69, 9.17) is 14.5 Å². The molecule has 2 aromatic rings. The van der Waals surface area contributed by atoms with E-state index in [0.717, 1.165) is 44.2 Å². The summed E-state index contributed by atoms with van der Waals surface area (Å²) in [6.07, 6.45) is 1.76. The fourth-order valence-electron chi connectivity index (χ4n) is 3.36. The van der Waals surface area contributed by atoms with Gasteiger partial charge in [-0.2, -0.15) is 0 Å². The van der Waals surface area contributed by atoms with Crippen LogP contribution in [0.3, 0.4) is 0 Å². The van der Waals surface area contributed by atoms with Gasteiger partial charge in [-0.05, 0) is 49.6 Å². The molecule has 1 unspecified atom stereocenters. The fraction of sp³-hybridized carbons (Fsp3) is 0.435. The molecule has 1 aliphatic rings. The summed E-state index contributed by atoms with van der Waals surface area (Å²) < 4.78 is 25.5. The van der Waals surface area contributed by atoms with Gasteiger partial charge in [0.15, 0.2) is 17.5 Å². The van der Waals surface area contributed by atoms with Gasteiger partial charge in [0, 0.05) is 39.2 Å². The van der Waals surface area contributed by atoms with Crippen LogP contribution in [0.1, 0.15) is 18.9 Å². The number of nitrogens with zero attached hydrogens (tertiary/aromatic N) is 2. The van der Waals surface area contributed by atoms with Crippen molar-refractivity contribution in [3.8, 4) is 11.5 Å². The molecule has 0 amide bonds. The van der Waals surface area contributed by atoms with Gasteiger partial charge in [0.25, 0.3) is 0 Å². The number of aliphatic imine (C=N–C) groups is 1. The van der Waals surface area contributed by atoms with Crippen molar-refractivity contribution in [2.24, 2.45) is 10.9 Å². The van der Waals surface area contributed by atoms with E-state index in [-0.39, 0.29) is 11.6 Å². The largest absolute Gasteiger partial charge is 0.454 e. The predicted molar refractivity (Wildman–Crippen MR) is 114 cm³/mol. The molecular weight excluding hydrogens is 369 g/mol. The lowest BCUT2D eigenvalue weighted by Crippen LogP contribution is -2.41. The molecule has 0 bridgehead atoms. The average molecular weight is 400 g/mol. The van der Waals surface area contributed by atoms with Crippen LogP contribution in [-0.4, -0.2) is 50.8 Å². The van der Waals surface area contributed by atoms with Crippen molar-refractivity contribution in [1.29, 1.82) is 0 Å². The van der Waals surface area contributed by atoms with Gasteiger partial charge < -0.3 is 19.7 Å². The Labute approximate surface area is 172 Å². The minimum atomic E-state index is -0.361. The lowest BCUT2D eigenvalue weighted by Gasteiger charge is -2.24. The van der Waals surface area contributed by atoms with Gasteiger partial charge in [-0.3, -0.25) is 4.99 Å². The Morgan fingerprint density at radius 2 is 2.10 bits per heavy atom. The first-order chi connectivity index (χ1) is 14.2. The third kappa shape index (κ3) is 6.46. The van der Waals surface area contributed by atoms with Crippen molar-refractivity contribution in [2.45, 2.75) is 19.8 Å². The van der Waals surface area contributed by atoms with Gasteiger partial charge in [0.2, 0.25) is 0 Å². The van der Waals surface area contributed by atoms with Gasteiger partial charge in [0.1, 0.15) is 5.75 Å². The highest BCUT2D eigenvalue weighted by molar-refractivity contribution is 5.79. The zero-order valence-corrected chi connectivity index (χ0v) is 17.2. The van der Waals surface area contributed by atoms with Crippen molar-refractivity contribution >= 4 is 5.96 Å². The number of rotatable bonds is 8. The van der Waals surface area contributed by atoms with Crippen LogP contribution in [0.4, 0.5) is 4.39 Å². The summed E-state index contributed by atoms with van der Waals surface area (Å²) in [5.74, 6) is 1.92. The Morgan fingerprint density at radius 1 is 1.28 bits per heavy atom. The molecule has 0 aromatic heterocycles. The molecule has 2 aromatic carbocycles. The van der Waals surface area contributed by atoms with Crippen LogP contribution >= 0.6 is 0 Å². The Kier molecular flexibility index (Phi) is 7.87. The van der Waals surface area contributed by atoms with Gasteiger partial charge >= 0.3 is 0 Å². The molecule has 0 spiro atoms. The Balaban J connectivity index is 1.56. The van der Waals surface area contributed by atoms with Crippen LogP contribution in [0.2, 0.25) is 0 Å². The topological polar surface area (TPSA) is 46.1 Å². The van der Waals surface area contributed by atoms with E-state index in [1.165, 1.54) is 6.07 Å². The molecule has 29 heavy (non-hydrogen) atoms. The quantitative estimate of drug-likeness (QED) is 0.536. The molecular formula is C23H30FN3O2. The fourth-order valence-corrected chi connectivity index (χ4v) is 3.36. The number of hydrogen-bond donors (Lipinski definition) is 1. The second kappa shape index (κ2) is 10.8. The maximum absolute atomic E-state index is 14.4. The molecule has 1 atom stereocenters. The zero-order chi connectivity index (χ0) is 20.5. The van der Waals surface area contributed by atoms with Gasteiger partial charge in [-0.15, -0.1) is 0 Å². The van der Waals surface area contributed by atoms with Gasteiger partial charge in [-0.1, -0.05) is 24.3 Å². The van der Waals surface area contributed by atoms with Crippen LogP contribution in [0, 0.1) is 11.7 Å². The smallest absolute Gasteiger partial charge is 0.193 e. The second-order valence-corrected chi connectivity index (χ2v) is 7.28. The second-order valence-electron chi connectivity index (χ2n) is 7.28. The Hall–Kier alpha value is -2.60. The monoisotopic (exact) mass is 399 g/mol. The van der Waals surface area contributed by atoms with E-state index in [1.54, 1.807) is 18.2 Å². The third-order valence-corrected chi connectivity index (χ3v) is 4.88.